The highest BCUT2D eigenvalue weighted by molar-refractivity contribution is 7.99. The molecule has 1 aromatic rings. The van der Waals surface area contributed by atoms with Crippen molar-refractivity contribution in [2.75, 3.05) is 23.0 Å². The number of carboxylic acids is 1. The minimum atomic E-state index is -0.888. The van der Waals surface area contributed by atoms with Crippen LogP contribution in [0.5, 0.6) is 0 Å². The van der Waals surface area contributed by atoms with Crippen LogP contribution >= 0.6 is 11.8 Å². The first-order chi connectivity index (χ1) is 8.59. The highest BCUT2D eigenvalue weighted by Crippen LogP contribution is 2.24. The zero-order valence-electron chi connectivity index (χ0n) is 9.35. The number of nitrogens with zero attached hydrogens (tertiary/aromatic N) is 3. The van der Waals surface area contributed by atoms with E-state index in [0.29, 0.717) is 18.0 Å². The zero-order chi connectivity index (χ0) is 13.1. The van der Waals surface area contributed by atoms with Crippen LogP contribution in [0.25, 0.3) is 0 Å². The van der Waals surface area contributed by atoms with Gasteiger partial charge in [0, 0.05) is 24.1 Å². The predicted molar refractivity (Wildman–Crippen MR) is 67.0 cm³/mol. The SMILES string of the molecule is O=C(O)C1CSCCN1c1ccc([N+](=O)[O-])nc1. The molecule has 0 aromatic carbocycles. The van der Waals surface area contributed by atoms with Gasteiger partial charge in [-0.1, -0.05) is 0 Å². The number of aromatic nitrogens is 1. The summed E-state index contributed by atoms with van der Waals surface area (Å²) in [6.07, 6.45) is 1.35. The molecule has 0 spiro atoms. The molecule has 7 nitrogen and oxygen atoms in total. The van der Waals surface area contributed by atoms with E-state index >= 15 is 0 Å². The van der Waals surface area contributed by atoms with Gasteiger partial charge in [0.25, 0.3) is 0 Å². The Morgan fingerprint density at radius 1 is 1.61 bits per heavy atom. The number of thioether (sulfide) groups is 1. The third-order valence-electron chi connectivity index (χ3n) is 2.66. The minimum absolute atomic E-state index is 0.239. The number of nitro groups is 1. The molecular weight excluding hydrogens is 258 g/mol. The van der Waals surface area contributed by atoms with E-state index in [2.05, 4.69) is 4.98 Å². The monoisotopic (exact) mass is 269 g/mol. The summed E-state index contributed by atoms with van der Waals surface area (Å²) in [6.45, 7) is 0.598. The van der Waals surface area contributed by atoms with Crippen LogP contribution in [-0.2, 0) is 4.79 Å². The summed E-state index contributed by atoms with van der Waals surface area (Å²) in [7, 11) is 0. The number of pyridine rings is 1. The van der Waals surface area contributed by atoms with Crippen molar-refractivity contribution in [2.45, 2.75) is 6.04 Å². The Kier molecular flexibility index (Phi) is 3.66. The number of aliphatic carboxylic acids is 1. The maximum Gasteiger partial charge on any atom is 0.363 e. The van der Waals surface area contributed by atoms with Crippen molar-refractivity contribution in [3.63, 3.8) is 0 Å². The second-order valence-electron chi connectivity index (χ2n) is 3.75. The van der Waals surface area contributed by atoms with E-state index in [9.17, 15) is 14.9 Å². The van der Waals surface area contributed by atoms with Crippen molar-refractivity contribution in [2.24, 2.45) is 0 Å². The Morgan fingerprint density at radius 3 is 2.94 bits per heavy atom. The van der Waals surface area contributed by atoms with Crippen LogP contribution in [0.15, 0.2) is 18.3 Å². The summed E-state index contributed by atoms with van der Waals surface area (Å²) in [4.78, 5) is 26.5. The van der Waals surface area contributed by atoms with Gasteiger partial charge in [0.1, 0.15) is 6.04 Å². The second-order valence-corrected chi connectivity index (χ2v) is 4.90. The molecule has 1 N–H and O–H groups in total. The van der Waals surface area contributed by atoms with Gasteiger partial charge in [-0.3, -0.25) is 0 Å². The smallest absolute Gasteiger partial charge is 0.363 e. The standard InChI is InChI=1S/C10H11N3O4S/c14-10(15)8-6-18-4-3-12(8)7-1-2-9(11-5-7)13(16)17/h1-2,5,8H,3-4,6H2,(H,14,15). The fourth-order valence-electron chi connectivity index (χ4n) is 1.77. The molecule has 0 saturated carbocycles. The van der Waals surface area contributed by atoms with Gasteiger partial charge in [-0.25, -0.2) is 4.79 Å². The number of anilines is 1. The van der Waals surface area contributed by atoms with Gasteiger partial charge in [-0.05, 0) is 16.0 Å². The van der Waals surface area contributed by atoms with Crippen LogP contribution in [0.4, 0.5) is 11.5 Å². The van der Waals surface area contributed by atoms with E-state index < -0.39 is 16.9 Å². The fraction of sp³-hybridized carbons (Fsp3) is 0.400. The molecule has 2 rings (SSSR count). The summed E-state index contributed by atoms with van der Waals surface area (Å²) in [5, 5.41) is 19.6. The first kappa shape index (κ1) is 12.6. The molecule has 8 heteroatoms. The molecule has 96 valence electrons. The van der Waals surface area contributed by atoms with E-state index in [1.807, 2.05) is 0 Å². The number of rotatable bonds is 3. The lowest BCUT2D eigenvalue weighted by Crippen LogP contribution is -2.47. The second kappa shape index (κ2) is 5.21. The zero-order valence-corrected chi connectivity index (χ0v) is 10.2. The molecule has 1 aliphatic heterocycles. The van der Waals surface area contributed by atoms with Crippen LogP contribution in [0.1, 0.15) is 0 Å². The van der Waals surface area contributed by atoms with Gasteiger partial charge in [-0.2, -0.15) is 11.8 Å². The van der Waals surface area contributed by atoms with Crippen LogP contribution in [0, 0.1) is 10.1 Å². The fourth-order valence-corrected chi connectivity index (χ4v) is 2.81. The third kappa shape index (κ3) is 2.53. The Balaban J connectivity index is 2.23. The maximum atomic E-state index is 11.1. The van der Waals surface area contributed by atoms with Gasteiger partial charge in [0.2, 0.25) is 0 Å². The Labute approximate surface area is 107 Å². The molecule has 1 aliphatic rings. The van der Waals surface area contributed by atoms with Crippen molar-refractivity contribution in [1.29, 1.82) is 0 Å². The highest BCUT2D eigenvalue weighted by Gasteiger charge is 2.29. The largest absolute Gasteiger partial charge is 0.480 e. The lowest BCUT2D eigenvalue weighted by atomic mass is 10.2. The molecule has 1 fully saturated rings. The van der Waals surface area contributed by atoms with E-state index in [1.165, 1.54) is 18.3 Å². The van der Waals surface area contributed by atoms with E-state index in [-0.39, 0.29) is 5.82 Å². The number of hydrogen-bond acceptors (Lipinski definition) is 6. The molecule has 0 aliphatic carbocycles. The number of carbonyl (C=O) groups is 1. The van der Waals surface area contributed by atoms with Gasteiger partial charge >= 0.3 is 11.8 Å². The first-order valence-electron chi connectivity index (χ1n) is 5.27. The summed E-state index contributed by atoms with van der Waals surface area (Å²) >= 11 is 1.59. The quantitative estimate of drug-likeness (QED) is 0.645. The van der Waals surface area contributed by atoms with E-state index in [1.54, 1.807) is 16.7 Å². The summed E-state index contributed by atoms with van der Waals surface area (Å²) in [6, 6.07) is 2.22. The molecule has 1 aromatic heterocycles. The summed E-state index contributed by atoms with van der Waals surface area (Å²) in [5.74, 6) is 0.213. The van der Waals surface area contributed by atoms with Crippen molar-refractivity contribution < 1.29 is 14.8 Å². The van der Waals surface area contributed by atoms with Crippen molar-refractivity contribution in [3.8, 4) is 0 Å². The summed E-state index contributed by atoms with van der Waals surface area (Å²) < 4.78 is 0. The van der Waals surface area contributed by atoms with Crippen LogP contribution in [0.2, 0.25) is 0 Å². The molecule has 2 heterocycles. The van der Waals surface area contributed by atoms with Crippen LogP contribution < -0.4 is 4.90 Å². The van der Waals surface area contributed by atoms with Gasteiger partial charge in [0.15, 0.2) is 6.20 Å². The molecule has 0 amide bonds. The molecular formula is C10H11N3O4S. The average Bonchev–Trinajstić information content (AvgIpc) is 2.39. The van der Waals surface area contributed by atoms with Crippen molar-refractivity contribution in [3.05, 3.63) is 28.4 Å². The molecule has 1 unspecified atom stereocenters. The van der Waals surface area contributed by atoms with Crippen molar-refractivity contribution in [1.82, 2.24) is 4.98 Å². The minimum Gasteiger partial charge on any atom is -0.480 e. The third-order valence-corrected chi connectivity index (χ3v) is 3.69. The first-order valence-corrected chi connectivity index (χ1v) is 6.42. The Bertz CT molecular complexity index is 465. The Hall–Kier alpha value is -1.83. The molecule has 0 radical (unpaired) electrons. The van der Waals surface area contributed by atoms with Crippen molar-refractivity contribution >= 4 is 29.2 Å². The maximum absolute atomic E-state index is 11.1. The molecule has 1 atom stereocenters. The number of hydrogen-bond donors (Lipinski definition) is 1. The Morgan fingerprint density at radius 2 is 2.39 bits per heavy atom. The average molecular weight is 269 g/mol. The topological polar surface area (TPSA) is 96.6 Å². The van der Waals surface area contributed by atoms with E-state index in [0.717, 1.165) is 5.75 Å². The predicted octanol–water partition coefficient (Wildman–Crippen LogP) is 0.996. The molecule has 1 saturated heterocycles. The molecule has 0 bridgehead atoms. The summed E-state index contributed by atoms with van der Waals surface area (Å²) in [5.41, 5.74) is 0.605. The normalized spacial score (nSPS) is 19.6. The lowest BCUT2D eigenvalue weighted by molar-refractivity contribution is -0.389. The van der Waals surface area contributed by atoms with Crippen LogP contribution in [0.3, 0.4) is 0 Å². The van der Waals surface area contributed by atoms with Gasteiger partial charge < -0.3 is 20.1 Å². The van der Waals surface area contributed by atoms with Crippen LogP contribution in [-0.4, -0.2) is 45.1 Å². The van der Waals surface area contributed by atoms with Gasteiger partial charge in [-0.15, -0.1) is 0 Å². The molecule has 18 heavy (non-hydrogen) atoms. The number of carboxylic acid groups (broad SMARTS) is 1. The lowest BCUT2D eigenvalue weighted by Gasteiger charge is -2.33. The van der Waals surface area contributed by atoms with E-state index in [4.69, 9.17) is 5.11 Å². The highest BCUT2D eigenvalue weighted by atomic mass is 32.2. The van der Waals surface area contributed by atoms with Gasteiger partial charge in [0.05, 0.1) is 5.69 Å².